The van der Waals surface area contributed by atoms with Crippen molar-refractivity contribution in [3.05, 3.63) is 78.9 Å². The Balaban J connectivity index is 1.77. The molecule has 0 unspecified atom stereocenters. The van der Waals surface area contributed by atoms with E-state index in [4.69, 9.17) is 4.52 Å². The standard InChI is InChI=1S/C16H17N2O2P/c19-21(17-14-8-4-5-9-14,18-15-10-6-7-11-15)20-16-12-2-1-3-13-16/h1-15H,(H2,17,18,19). The summed E-state index contributed by atoms with van der Waals surface area (Å²) in [6.07, 6.45) is 15.4. The van der Waals surface area contributed by atoms with Crippen LogP contribution in [0.15, 0.2) is 78.9 Å². The van der Waals surface area contributed by atoms with E-state index < -0.39 is 7.67 Å². The predicted octanol–water partition coefficient (Wildman–Crippen LogP) is 3.34. The topological polar surface area (TPSA) is 50.4 Å². The van der Waals surface area contributed by atoms with Crippen molar-refractivity contribution in [3.63, 3.8) is 0 Å². The van der Waals surface area contributed by atoms with E-state index in [0.717, 1.165) is 0 Å². The molecule has 0 aliphatic heterocycles. The molecule has 2 aliphatic rings. The summed E-state index contributed by atoms with van der Waals surface area (Å²) < 4.78 is 18.8. The number of hydrogen-bond acceptors (Lipinski definition) is 2. The molecule has 0 saturated heterocycles. The lowest BCUT2D eigenvalue weighted by atomic mass is 10.3. The largest absolute Gasteiger partial charge is 0.422 e. The summed E-state index contributed by atoms with van der Waals surface area (Å²) in [5.74, 6) is 0.567. The molecule has 21 heavy (non-hydrogen) atoms. The third-order valence-corrected chi connectivity index (χ3v) is 4.86. The average molecular weight is 300 g/mol. The molecule has 0 saturated carbocycles. The summed E-state index contributed by atoms with van der Waals surface area (Å²) in [7, 11) is -3.24. The third kappa shape index (κ3) is 3.82. The quantitative estimate of drug-likeness (QED) is 0.791. The maximum absolute atomic E-state index is 13.1. The molecule has 1 aromatic carbocycles. The number of allylic oxidation sites excluding steroid dienone is 4. The molecular formula is C16H17N2O2P. The molecule has 4 nitrogen and oxygen atoms in total. The Morgan fingerprint density at radius 1 is 0.810 bits per heavy atom. The molecule has 0 radical (unpaired) electrons. The van der Waals surface area contributed by atoms with Crippen LogP contribution in [0.5, 0.6) is 5.75 Å². The van der Waals surface area contributed by atoms with E-state index in [2.05, 4.69) is 10.2 Å². The Bertz CT molecular complexity index is 592. The van der Waals surface area contributed by atoms with Crippen molar-refractivity contribution in [2.24, 2.45) is 0 Å². The minimum atomic E-state index is -3.24. The zero-order valence-corrected chi connectivity index (χ0v) is 12.3. The fourth-order valence-corrected chi connectivity index (χ4v) is 3.88. The summed E-state index contributed by atoms with van der Waals surface area (Å²) in [5.41, 5.74) is 0. The first kappa shape index (κ1) is 14.1. The SMILES string of the molecule is O=P(NC1C=CC=C1)(NC1C=CC=C1)Oc1ccccc1. The van der Waals surface area contributed by atoms with Crippen LogP contribution < -0.4 is 14.7 Å². The van der Waals surface area contributed by atoms with Gasteiger partial charge < -0.3 is 4.52 Å². The van der Waals surface area contributed by atoms with Crippen LogP contribution in [0.2, 0.25) is 0 Å². The Kier molecular flexibility index (Phi) is 4.20. The van der Waals surface area contributed by atoms with Crippen LogP contribution in [0, 0.1) is 0 Å². The van der Waals surface area contributed by atoms with Crippen molar-refractivity contribution >= 4 is 7.67 Å². The fraction of sp³-hybridized carbons (Fsp3) is 0.125. The summed E-state index contributed by atoms with van der Waals surface area (Å²) >= 11 is 0. The molecule has 0 amide bonds. The minimum Gasteiger partial charge on any atom is -0.422 e. The maximum atomic E-state index is 13.1. The Morgan fingerprint density at radius 3 is 1.76 bits per heavy atom. The molecular weight excluding hydrogens is 283 g/mol. The summed E-state index contributed by atoms with van der Waals surface area (Å²) in [6, 6.07) is 8.98. The van der Waals surface area contributed by atoms with Crippen molar-refractivity contribution in [2.75, 3.05) is 0 Å². The molecule has 108 valence electrons. The van der Waals surface area contributed by atoms with Gasteiger partial charge in [0.1, 0.15) is 5.75 Å². The van der Waals surface area contributed by atoms with Crippen LogP contribution in [0.4, 0.5) is 0 Å². The van der Waals surface area contributed by atoms with Gasteiger partial charge in [0.25, 0.3) is 0 Å². The smallest absolute Gasteiger partial charge is 0.391 e. The van der Waals surface area contributed by atoms with Crippen molar-refractivity contribution in [2.45, 2.75) is 12.1 Å². The molecule has 0 fully saturated rings. The van der Waals surface area contributed by atoms with E-state index >= 15 is 0 Å². The highest BCUT2D eigenvalue weighted by Crippen LogP contribution is 2.41. The molecule has 0 heterocycles. The Hall–Kier alpha value is -1.87. The van der Waals surface area contributed by atoms with Crippen molar-refractivity contribution < 1.29 is 9.09 Å². The van der Waals surface area contributed by atoms with Crippen LogP contribution in [-0.4, -0.2) is 12.1 Å². The Labute approximate surface area is 124 Å². The van der Waals surface area contributed by atoms with Gasteiger partial charge in [0.15, 0.2) is 0 Å². The third-order valence-electron chi connectivity index (χ3n) is 3.11. The van der Waals surface area contributed by atoms with Crippen LogP contribution >= 0.6 is 7.67 Å². The lowest BCUT2D eigenvalue weighted by molar-refractivity contribution is 0.449. The number of para-hydroxylation sites is 1. The molecule has 5 heteroatoms. The fourth-order valence-electron chi connectivity index (χ4n) is 2.15. The van der Waals surface area contributed by atoms with Gasteiger partial charge in [-0.3, -0.25) is 0 Å². The number of hydrogen-bond donors (Lipinski definition) is 2. The van der Waals surface area contributed by atoms with Gasteiger partial charge in [-0.15, -0.1) is 0 Å². The predicted molar refractivity (Wildman–Crippen MR) is 85.1 cm³/mol. The van der Waals surface area contributed by atoms with Gasteiger partial charge in [-0.05, 0) is 12.1 Å². The average Bonchev–Trinajstić information content (AvgIpc) is 3.13. The molecule has 3 rings (SSSR count). The monoisotopic (exact) mass is 300 g/mol. The minimum absolute atomic E-state index is 0.0959. The second-order valence-electron chi connectivity index (χ2n) is 4.81. The van der Waals surface area contributed by atoms with Crippen molar-refractivity contribution in [1.29, 1.82) is 0 Å². The normalized spacial score (nSPS) is 17.9. The second-order valence-corrected chi connectivity index (χ2v) is 6.61. The van der Waals surface area contributed by atoms with Gasteiger partial charge in [0.05, 0.1) is 12.1 Å². The summed E-state index contributed by atoms with van der Waals surface area (Å²) in [4.78, 5) is 0. The second kappa shape index (κ2) is 6.27. The van der Waals surface area contributed by atoms with E-state index in [1.54, 1.807) is 12.1 Å². The van der Waals surface area contributed by atoms with E-state index in [1.165, 1.54) is 0 Å². The van der Waals surface area contributed by atoms with Crippen LogP contribution in [0.25, 0.3) is 0 Å². The van der Waals surface area contributed by atoms with Gasteiger partial charge in [-0.2, -0.15) is 0 Å². The van der Waals surface area contributed by atoms with Gasteiger partial charge in [0.2, 0.25) is 0 Å². The molecule has 2 aliphatic carbocycles. The van der Waals surface area contributed by atoms with Crippen LogP contribution in [0.1, 0.15) is 0 Å². The first-order valence-corrected chi connectivity index (χ1v) is 8.46. The highest BCUT2D eigenvalue weighted by molar-refractivity contribution is 7.55. The maximum Gasteiger partial charge on any atom is 0.391 e. The summed E-state index contributed by atoms with van der Waals surface area (Å²) in [5, 5.41) is 6.10. The number of nitrogens with one attached hydrogen (secondary N) is 2. The van der Waals surface area contributed by atoms with Crippen molar-refractivity contribution in [1.82, 2.24) is 10.2 Å². The van der Waals surface area contributed by atoms with E-state index in [9.17, 15) is 4.57 Å². The zero-order chi connectivity index (χ0) is 14.5. The molecule has 0 aromatic heterocycles. The summed E-state index contributed by atoms with van der Waals surface area (Å²) in [6.45, 7) is 0. The molecule has 2 N–H and O–H groups in total. The van der Waals surface area contributed by atoms with Gasteiger partial charge in [-0.25, -0.2) is 14.7 Å². The zero-order valence-electron chi connectivity index (χ0n) is 11.4. The molecule has 0 atom stereocenters. The Morgan fingerprint density at radius 2 is 1.29 bits per heavy atom. The van der Waals surface area contributed by atoms with Gasteiger partial charge >= 0.3 is 7.67 Å². The molecule has 1 aromatic rings. The van der Waals surface area contributed by atoms with E-state index in [0.29, 0.717) is 5.75 Å². The lowest BCUT2D eigenvalue weighted by Gasteiger charge is -2.25. The first-order chi connectivity index (χ1) is 10.2. The first-order valence-electron chi connectivity index (χ1n) is 6.84. The van der Waals surface area contributed by atoms with Crippen LogP contribution in [0.3, 0.4) is 0 Å². The van der Waals surface area contributed by atoms with E-state index in [1.807, 2.05) is 66.8 Å². The van der Waals surface area contributed by atoms with Gasteiger partial charge in [-0.1, -0.05) is 66.8 Å². The van der Waals surface area contributed by atoms with Gasteiger partial charge in [0, 0.05) is 0 Å². The molecule has 0 bridgehead atoms. The van der Waals surface area contributed by atoms with Crippen molar-refractivity contribution in [3.8, 4) is 5.75 Å². The van der Waals surface area contributed by atoms with E-state index in [-0.39, 0.29) is 12.1 Å². The highest BCUT2D eigenvalue weighted by atomic mass is 31.2. The lowest BCUT2D eigenvalue weighted by Crippen LogP contribution is -2.35. The number of rotatable bonds is 6. The number of benzene rings is 1. The highest BCUT2D eigenvalue weighted by Gasteiger charge is 2.29. The molecule has 0 spiro atoms. The van der Waals surface area contributed by atoms with Crippen LogP contribution in [-0.2, 0) is 4.57 Å².